The summed E-state index contributed by atoms with van der Waals surface area (Å²) in [6, 6.07) is 0. The van der Waals surface area contributed by atoms with Gasteiger partial charge in [-0.15, -0.1) is 0 Å². The third-order valence-electron chi connectivity index (χ3n) is 0. The summed E-state index contributed by atoms with van der Waals surface area (Å²) in [5, 5.41) is 0. The van der Waals surface area contributed by atoms with Gasteiger partial charge in [-0.3, -0.25) is 0 Å². The molecule has 0 aromatic carbocycles. The van der Waals surface area contributed by atoms with E-state index in [0.717, 1.165) is 0 Å². The molecule has 8 heavy (non-hydrogen) atoms. The molecule has 0 aromatic rings. The van der Waals surface area contributed by atoms with E-state index < -0.39 is 9.05 Å². The van der Waals surface area contributed by atoms with Crippen molar-refractivity contribution in [1.29, 1.82) is 0 Å². The summed E-state index contributed by atoms with van der Waals surface area (Å²) in [6.45, 7) is 0. The molecule has 0 aromatic heterocycles. The summed E-state index contributed by atoms with van der Waals surface area (Å²) in [5.41, 5.74) is 0. The Bertz CT molecular complexity index is 31.5. The molecule has 0 spiro atoms. The van der Waals surface area contributed by atoms with Crippen molar-refractivity contribution in [3.8, 4) is 0 Å². The minimum atomic E-state index is -4.61. The molecular weight excluding hydrogens is 186 g/mol. The molecule has 0 radical (unpaired) electrons. The summed E-state index contributed by atoms with van der Waals surface area (Å²) >= 11 is 0. The SMILES string of the molecule is O[Si](O)(O)O.P.[CaH2].[NaH]. The van der Waals surface area contributed by atoms with Crippen LogP contribution in [0.3, 0.4) is 0 Å². The first-order valence-electron chi connectivity index (χ1n) is 0.894. The quantitative estimate of drug-likeness (QED) is 0.234. The number of hydrogen-bond donors (Lipinski definition) is 4. The van der Waals surface area contributed by atoms with Crippen molar-refractivity contribution in [2.75, 3.05) is 0 Å². The van der Waals surface area contributed by atoms with Gasteiger partial charge in [0.2, 0.25) is 0 Å². The van der Waals surface area contributed by atoms with Crippen molar-refractivity contribution in [2.45, 2.75) is 0 Å². The topological polar surface area (TPSA) is 80.9 Å². The van der Waals surface area contributed by atoms with E-state index in [-0.39, 0.29) is 77.2 Å². The summed E-state index contributed by atoms with van der Waals surface area (Å²) in [4.78, 5) is 29.3. The average molecular weight is 196 g/mol. The zero-order valence-electron chi connectivity index (χ0n) is 3.00. The van der Waals surface area contributed by atoms with Gasteiger partial charge in [0.25, 0.3) is 0 Å². The molecule has 0 aliphatic heterocycles. The first-order chi connectivity index (χ1) is 2.00. The maximum atomic E-state index is 7.33. The Balaban J connectivity index is -0.0000000267. The van der Waals surface area contributed by atoms with E-state index in [2.05, 4.69) is 0 Å². The van der Waals surface area contributed by atoms with Crippen LogP contribution >= 0.6 is 9.90 Å². The summed E-state index contributed by atoms with van der Waals surface area (Å²) in [6.07, 6.45) is 0. The van der Waals surface area contributed by atoms with Crippen molar-refractivity contribution in [3.05, 3.63) is 0 Å². The molecular formula is H10CaNaO4PSi. The third-order valence-corrected chi connectivity index (χ3v) is 0. The fourth-order valence-electron chi connectivity index (χ4n) is 0. The zero-order valence-corrected chi connectivity index (χ0v) is 5.41. The van der Waals surface area contributed by atoms with E-state index >= 15 is 0 Å². The van der Waals surface area contributed by atoms with Crippen LogP contribution in [0.25, 0.3) is 0 Å². The molecule has 0 amide bonds. The van der Waals surface area contributed by atoms with Crippen LogP contribution in [0.1, 0.15) is 0 Å². The monoisotopic (exact) mass is 196 g/mol. The molecule has 0 fully saturated rings. The Kier molecular flexibility index (Phi) is 27.3. The van der Waals surface area contributed by atoms with Gasteiger partial charge in [0, 0.05) is 0 Å². The van der Waals surface area contributed by atoms with Gasteiger partial charge < -0.3 is 19.2 Å². The molecule has 0 bridgehead atoms. The van der Waals surface area contributed by atoms with Gasteiger partial charge in [-0.1, -0.05) is 0 Å². The summed E-state index contributed by atoms with van der Waals surface area (Å²) in [7, 11) is -4.61. The van der Waals surface area contributed by atoms with Crippen LogP contribution in [0, 0.1) is 0 Å². The molecule has 0 heterocycles. The van der Waals surface area contributed by atoms with Crippen LogP contribution in [0.15, 0.2) is 0 Å². The molecule has 0 saturated carbocycles. The van der Waals surface area contributed by atoms with Crippen LogP contribution in [0.4, 0.5) is 0 Å². The van der Waals surface area contributed by atoms with Gasteiger partial charge in [0.05, 0.1) is 0 Å². The normalized spacial score (nSPS) is 7.50. The van der Waals surface area contributed by atoms with E-state index in [1.165, 1.54) is 0 Å². The molecule has 0 aliphatic carbocycles. The molecule has 4 N–H and O–H groups in total. The second-order valence-corrected chi connectivity index (χ2v) is 1.80. The Labute approximate surface area is 104 Å². The fraction of sp³-hybridized carbons (Fsp3) is 0. The van der Waals surface area contributed by atoms with Gasteiger partial charge in [0.15, 0.2) is 0 Å². The number of hydrogen-bond acceptors (Lipinski definition) is 4. The predicted molar refractivity (Wildman–Crippen MR) is 41.4 cm³/mol. The van der Waals surface area contributed by atoms with Gasteiger partial charge in [-0.05, 0) is 0 Å². The van der Waals surface area contributed by atoms with E-state index in [9.17, 15) is 0 Å². The van der Waals surface area contributed by atoms with E-state index in [4.69, 9.17) is 19.2 Å². The molecule has 1 unspecified atom stereocenters. The van der Waals surface area contributed by atoms with Crippen LogP contribution in [-0.2, 0) is 0 Å². The van der Waals surface area contributed by atoms with Gasteiger partial charge in [0.1, 0.15) is 0 Å². The molecule has 46 valence electrons. The first kappa shape index (κ1) is 22.4. The Morgan fingerprint density at radius 3 is 0.875 bits per heavy atom. The van der Waals surface area contributed by atoms with Crippen LogP contribution in [0.2, 0.25) is 0 Å². The van der Waals surface area contributed by atoms with Gasteiger partial charge >= 0.3 is 76.3 Å². The standard InChI is InChI=1S/Ca.Na.H4O4Si.H3P.3H/c;;1-5(2,3)4;;;;/h;;1-4H;1H3;;;. The Morgan fingerprint density at radius 1 is 0.875 bits per heavy atom. The molecule has 4 nitrogen and oxygen atoms in total. The summed E-state index contributed by atoms with van der Waals surface area (Å²) < 4.78 is 0. The third kappa shape index (κ3) is 69.6. The maximum absolute atomic E-state index is 7.33. The van der Waals surface area contributed by atoms with Crippen molar-refractivity contribution in [3.63, 3.8) is 0 Å². The average Bonchev–Trinajstić information content (AvgIpc) is 0.722. The zero-order chi connectivity index (χ0) is 4.50. The van der Waals surface area contributed by atoms with Gasteiger partial charge in [-0.2, -0.15) is 9.90 Å². The second-order valence-electron chi connectivity index (χ2n) is 0.600. The molecule has 0 rings (SSSR count). The van der Waals surface area contributed by atoms with E-state index in [1.807, 2.05) is 0 Å². The van der Waals surface area contributed by atoms with E-state index in [0.29, 0.717) is 0 Å². The molecule has 1 atom stereocenters. The fourth-order valence-corrected chi connectivity index (χ4v) is 0. The first-order valence-corrected chi connectivity index (χ1v) is 2.68. The van der Waals surface area contributed by atoms with Crippen LogP contribution < -0.4 is 0 Å². The van der Waals surface area contributed by atoms with Crippen molar-refractivity contribution in [1.82, 2.24) is 0 Å². The van der Waals surface area contributed by atoms with Crippen molar-refractivity contribution in [2.24, 2.45) is 0 Å². The van der Waals surface area contributed by atoms with Gasteiger partial charge in [-0.25, -0.2) is 0 Å². The van der Waals surface area contributed by atoms with E-state index in [1.54, 1.807) is 0 Å². The Hall–Kier alpha value is 2.75. The van der Waals surface area contributed by atoms with Crippen molar-refractivity contribution >= 4 is 86.2 Å². The van der Waals surface area contributed by atoms with Crippen LogP contribution in [0.5, 0.6) is 0 Å². The predicted octanol–water partition coefficient (Wildman–Crippen LogP) is -4.12. The molecule has 8 heteroatoms. The second kappa shape index (κ2) is 9.75. The minimum absolute atomic E-state index is 0. The Morgan fingerprint density at radius 2 is 0.875 bits per heavy atom. The molecule has 0 aliphatic rings. The van der Waals surface area contributed by atoms with Crippen molar-refractivity contribution < 1.29 is 19.2 Å². The summed E-state index contributed by atoms with van der Waals surface area (Å²) in [5.74, 6) is 0. The van der Waals surface area contributed by atoms with Crippen LogP contribution in [-0.4, -0.2) is 95.5 Å². The molecule has 0 saturated heterocycles. The number of rotatable bonds is 0.